The van der Waals surface area contributed by atoms with E-state index >= 15 is 0 Å². The summed E-state index contributed by atoms with van der Waals surface area (Å²) in [6, 6.07) is 5.89. The van der Waals surface area contributed by atoms with Crippen molar-refractivity contribution in [3.05, 3.63) is 45.6 Å². The van der Waals surface area contributed by atoms with Crippen molar-refractivity contribution in [2.24, 2.45) is 5.92 Å². The molecule has 31 heavy (non-hydrogen) atoms. The van der Waals surface area contributed by atoms with E-state index in [1.165, 1.54) is 17.0 Å². The number of nitro groups is 1. The number of nitrogens with zero attached hydrogens (tertiary/aromatic N) is 4. The van der Waals surface area contributed by atoms with Crippen molar-refractivity contribution in [3.63, 3.8) is 0 Å². The lowest BCUT2D eigenvalue weighted by molar-refractivity contribution is -0.384. The van der Waals surface area contributed by atoms with E-state index in [2.05, 4.69) is 11.8 Å². The van der Waals surface area contributed by atoms with E-state index in [0.717, 1.165) is 39.0 Å². The number of imide groups is 1. The van der Waals surface area contributed by atoms with E-state index in [4.69, 9.17) is 4.74 Å². The predicted molar refractivity (Wildman–Crippen MR) is 114 cm³/mol. The highest BCUT2D eigenvalue weighted by atomic mass is 16.6. The van der Waals surface area contributed by atoms with E-state index in [0.29, 0.717) is 49.1 Å². The molecular formula is C22H28N4O5. The number of amides is 2. The Labute approximate surface area is 181 Å². The summed E-state index contributed by atoms with van der Waals surface area (Å²) in [4.78, 5) is 42.8. The van der Waals surface area contributed by atoms with E-state index in [-0.39, 0.29) is 17.5 Å². The first-order valence-corrected chi connectivity index (χ1v) is 10.9. The molecule has 9 heteroatoms. The number of benzene rings is 1. The van der Waals surface area contributed by atoms with Gasteiger partial charge in [-0.2, -0.15) is 0 Å². The normalized spacial score (nSPS) is 21.3. The quantitative estimate of drug-likeness (QED) is 0.387. The first-order chi connectivity index (χ1) is 15.0. The van der Waals surface area contributed by atoms with Crippen molar-refractivity contribution in [3.8, 4) is 0 Å². The van der Waals surface area contributed by atoms with Gasteiger partial charge in [0.1, 0.15) is 5.70 Å². The van der Waals surface area contributed by atoms with Gasteiger partial charge in [-0.05, 0) is 36.5 Å². The van der Waals surface area contributed by atoms with Crippen LogP contribution in [0.15, 0.2) is 30.0 Å². The molecule has 0 N–H and O–H groups in total. The zero-order valence-corrected chi connectivity index (χ0v) is 17.8. The van der Waals surface area contributed by atoms with Crippen LogP contribution in [0.1, 0.15) is 25.3 Å². The molecule has 1 aromatic carbocycles. The Bertz CT molecular complexity index is 884. The van der Waals surface area contributed by atoms with Crippen LogP contribution in [0.2, 0.25) is 0 Å². The first-order valence-electron chi connectivity index (χ1n) is 10.9. The van der Waals surface area contributed by atoms with Crippen LogP contribution >= 0.6 is 0 Å². The molecule has 0 unspecified atom stereocenters. The van der Waals surface area contributed by atoms with Crippen molar-refractivity contribution in [2.75, 3.05) is 52.5 Å². The van der Waals surface area contributed by atoms with Crippen molar-refractivity contribution in [2.45, 2.75) is 19.8 Å². The molecule has 0 bridgehead atoms. The van der Waals surface area contributed by atoms with Gasteiger partial charge in [0.25, 0.3) is 17.5 Å². The zero-order valence-electron chi connectivity index (χ0n) is 17.8. The highest BCUT2D eigenvalue weighted by Gasteiger charge is 2.42. The van der Waals surface area contributed by atoms with Gasteiger partial charge in [0.15, 0.2) is 0 Å². The van der Waals surface area contributed by atoms with Gasteiger partial charge in [-0.3, -0.25) is 29.5 Å². The van der Waals surface area contributed by atoms with Crippen LogP contribution in [0.4, 0.5) is 5.69 Å². The van der Waals surface area contributed by atoms with Crippen LogP contribution in [0.5, 0.6) is 0 Å². The average Bonchev–Trinajstić information content (AvgIpc) is 3.03. The van der Waals surface area contributed by atoms with Crippen LogP contribution in [0.3, 0.4) is 0 Å². The second kappa shape index (κ2) is 9.15. The average molecular weight is 428 g/mol. The zero-order chi connectivity index (χ0) is 22.0. The summed E-state index contributed by atoms with van der Waals surface area (Å²) in [5.41, 5.74) is 1.30. The fraction of sp³-hybridized carbons (Fsp3) is 0.545. The fourth-order valence-corrected chi connectivity index (χ4v) is 4.37. The van der Waals surface area contributed by atoms with Gasteiger partial charge in [0.05, 0.1) is 23.7 Å². The Morgan fingerprint density at radius 3 is 2.26 bits per heavy atom. The molecule has 1 aromatic rings. The minimum Gasteiger partial charge on any atom is -0.379 e. The van der Waals surface area contributed by atoms with Crippen LogP contribution in [0.25, 0.3) is 5.57 Å². The van der Waals surface area contributed by atoms with Gasteiger partial charge >= 0.3 is 0 Å². The Hall–Kier alpha value is -2.78. The number of nitro benzene ring substituents is 1. The Morgan fingerprint density at radius 2 is 1.65 bits per heavy atom. The van der Waals surface area contributed by atoms with Crippen molar-refractivity contribution >= 4 is 23.1 Å². The monoisotopic (exact) mass is 428 g/mol. The number of rotatable bonds is 6. The molecule has 4 rings (SSSR count). The Balaban J connectivity index is 1.61. The van der Waals surface area contributed by atoms with Crippen LogP contribution < -0.4 is 0 Å². The largest absolute Gasteiger partial charge is 0.379 e. The van der Waals surface area contributed by atoms with Gasteiger partial charge in [-0.15, -0.1) is 0 Å². The molecule has 3 aliphatic rings. The summed E-state index contributed by atoms with van der Waals surface area (Å²) in [5.74, 6) is 0.00575. The van der Waals surface area contributed by atoms with Gasteiger partial charge < -0.3 is 9.64 Å². The maximum Gasteiger partial charge on any atom is 0.277 e. The van der Waals surface area contributed by atoms with Crippen molar-refractivity contribution in [1.82, 2.24) is 14.7 Å². The second-order valence-electron chi connectivity index (χ2n) is 8.41. The molecule has 2 saturated heterocycles. The van der Waals surface area contributed by atoms with E-state index in [1.807, 2.05) is 4.90 Å². The molecule has 3 heterocycles. The molecule has 0 radical (unpaired) electrons. The summed E-state index contributed by atoms with van der Waals surface area (Å²) in [6.07, 6.45) is 1.93. The lowest BCUT2D eigenvalue weighted by Gasteiger charge is -2.33. The SMILES string of the molecule is CC1CCN(C2=C(c3ccc([N+](=O)[O-])cc3)C(=O)N(CCN3CCOCC3)C2=O)CC1. The number of hydrogen-bond acceptors (Lipinski definition) is 7. The number of ether oxygens (including phenoxy) is 1. The molecule has 166 valence electrons. The van der Waals surface area contributed by atoms with Gasteiger partial charge in [-0.25, -0.2) is 0 Å². The van der Waals surface area contributed by atoms with Crippen LogP contribution in [-0.4, -0.2) is 83.9 Å². The molecule has 2 fully saturated rings. The third-order valence-corrected chi connectivity index (χ3v) is 6.35. The molecule has 0 spiro atoms. The third kappa shape index (κ3) is 4.47. The van der Waals surface area contributed by atoms with Gasteiger partial charge in [0, 0.05) is 51.4 Å². The molecule has 0 atom stereocenters. The van der Waals surface area contributed by atoms with E-state index < -0.39 is 4.92 Å². The summed E-state index contributed by atoms with van der Waals surface area (Å²) in [7, 11) is 0. The van der Waals surface area contributed by atoms with Gasteiger partial charge in [0.2, 0.25) is 0 Å². The molecular weight excluding hydrogens is 400 g/mol. The minimum absolute atomic E-state index is 0.0429. The standard InChI is InChI=1S/C22H28N4O5/c1-16-6-8-24(9-7-16)20-19(17-2-4-18(5-3-17)26(29)30)21(27)25(22(20)28)11-10-23-12-14-31-15-13-23/h2-5,16H,6-15H2,1H3. The first kappa shape index (κ1) is 21.5. The van der Waals surface area contributed by atoms with Gasteiger partial charge in [-0.1, -0.05) is 6.92 Å². The fourth-order valence-electron chi connectivity index (χ4n) is 4.37. The molecule has 0 aliphatic carbocycles. The summed E-state index contributed by atoms with van der Waals surface area (Å²) >= 11 is 0. The maximum atomic E-state index is 13.4. The van der Waals surface area contributed by atoms with Crippen molar-refractivity contribution in [1.29, 1.82) is 0 Å². The number of piperidine rings is 1. The molecule has 0 saturated carbocycles. The number of morpholine rings is 1. The predicted octanol–water partition coefficient (Wildman–Crippen LogP) is 1.74. The number of hydrogen-bond donors (Lipinski definition) is 0. The van der Waals surface area contributed by atoms with E-state index in [9.17, 15) is 19.7 Å². The van der Waals surface area contributed by atoms with Crippen LogP contribution in [-0.2, 0) is 14.3 Å². The van der Waals surface area contributed by atoms with Crippen LogP contribution in [0, 0.1) is 16.0 Å². The summed E-state index contributed by atoms with van der Waals surface area (Å²) in [5, 5.41) is 11.0. The number of non-ortho nitro benzene ring substituents is 1. The lowest BCUT2D eigenvalue weighted by atomic mass is 9.97. The molecule has 0 aromatic heterocycles. The second-order valence-corrected chi connectivity index (χ2v) is 8.41. The Morgan fingerprint density at radius 1 is 1.00 bits per heavy atom. The summed E-state index contributed by atoms with van der Waals surface area (Å²) in [6.45, 7) is 7.47. The number of carbonyl (C=O) groups is 2. The Kier molecular flexibility index (Phi) is 6.33. The third-order valence-electron chi connectivity index (χ3n) is 6.35. The topological polar surface area (TPSA) is 96.2 Å². The molecule has 9 nitrogen and oxygen atoms in total. The highest BCUT2D eigenvalue weighted by molar-refractivity contribution is 6.35. The maximum absolute atomic E-state index is 13.4. The highest BCUT2D eigenvalue weighted by Crippen LogP contribution is 2.34. The minimum atomic E-state index is -0.471. The summed E-state index contributed by atoms with van der Waals surface area (Å²) < 4.78 is 5.37. The number of likely N-dealkylation sites (tertiary alicyclic amines) is 1. The van der Waals surface area contributed by atoms with E-state index in [1.54, 1.807) is 12.1 Å². The number of carbonyl (C=O) groups excluding carboxylic acids is 2. The smallest absolute Gasteiger partial charge is 0.277 e. The lowest BCUT2D eigenvalue weighted by Crippen LogP contribution is -2.44. The van der Waals surface area contributed by atoms with Crippen molar-refractivity contribution < 1.29 is 19.2 Å². The molecule has 3 aliphatic heterocycles. The molecule has 2 amide bonds.